The molecule has 0 spiro atoms. The molecule has 0 saturated heterocycles. The van der Waals surface area contributed by atoms with Crippen LogP contribution in [-0.4, -0.2) is 70.4 Å². The van der Waals surface area contributed by atoms with Gasteiger partial charge < -0.3 is 29.6 Å². The summed E-state index contributed by atoms with van der Waals surface area (Å²) in [5, 5.41) is 6.58. The number of halogens is 1. The van der Waals surface area contributed by atoms with Gasteiger partial charge in [0.1, 0.15) is 5.56 Å². The Balaban J connectivity index is 0.000000327. The molecule has 2 N–H and O–H groups in total. The molecule has 2 aromatic heterocycles. The minimum absolute atomic E-state index is 0.0260. The molecule has 0 radical (unpaired) electrons. The minimum atomic E-state index is -0.660. The SMILES string of the molecule is CCC(C)CCC(C)(CC)NC(=O)N(CC)CCOC.COc1nc(-c2cccc(-c3cccc(NC(=O)c4cn(C)c(=O)n(C)c4=O)c3C)c2Cl)cc2c1C(C)CC2. The fourth-order valence-corrected chi connectivity index (χ4v) is 7.64. The molecular weight excluding hydrogens is 768 g/mol. The Kier molecular flexibility index (Phi) is 16.5. The van der Waals surface area contributed by atoms with Crippen LogP contribution in [0.25, 0.3) is 22.4 Å². The fraction of sp³-hybridized carbons (Fsp3) is 0.500. The number of aryl methyl sites for hydroxylation is 2. The average Bonchev–Trinajstić information content (AvgIpc) is 3.61. The molecule has 59 heavy (non-hydrogen) atoms. The largest absolute Gasteiger partial charge is 0.481 e. The molecule has 3 atom stereocenters. The Labute approximate surface area is 354 Å². The standard InChI is InChI=1S/C30H29ClN4O4.C16H34N2O2/c1-16-12-13-18-14-24(33-28(39-5)25(16)18)21-10-6-9-20(26(21)31)19-8-7-11-23(17(19)2)32-27(36)22-15-34(3)30(38)35(4)29(22)37;1-7-14(4)10-11-16(5,8-2)17-15(19)18(9-3)12-13-20-6/h6-11,14-16H,12-13H2,1-5H3,(H,32,36);14H,7-13H2,1-6H3,(H,17,19). The lowest BCUT2D eigenvalue weighted by atomic mass is 9.88. The smallest absolute Gasteiger partial charge is 0.330 e. The Morgan fingerprint density at radius 3 is 2.39 bits per heavy atom. The van der Waals surface area contributed by atoms with Gasteiger partial charge in [0.25, 0.3) is 11.5 Å². The van der Waals surface area contributed by atoms with Crippen molar-refractivity contribution < 1.29 is 19.1 Å². The third-order valence-electron chi connectivity index (χ3n) is 11.8. The topological polar surface area (TPSA) is 137 Å². The van der Waals surface area contributed by atoms with Gasteiger partial charge >= 0.3 is 11.7 Å². The summed E-state index contributed by atoms with van der Waals surface area (Å²) >= 11 is 7.00. The first-order valence-corrected chi connectivity index (χ1v) is 21.0. The van der Waals surface area contributed by atoms with E-state index in [1.807, 2.05) is 44.2 Å². The van der Waals surface area contributed by atoms with E-state index in [1.165, 1.54) is 42.4 Å². The Morgan fingerprint density at radius 2 is 1.75 bits per heavy atom. The van der Waals surface area contributed by atoms with Gasteiger partial charge in [-0.1, -0.05) is 76.0 Å². The van der Waals surface area contributed by atoms with Crippen molar-refractivity contribution in [1.29, 1.82) is 0 Å². The van der Waals surface area contributed by atoms with Gasteiger partial charge in [-0.3, -0.25) is 14.2 Å². The monoisotopic (exact) mass is 830 g/mol. The van der Waals surface area contributed by atoms with Crippen LogP contribution in [-0.2, 0) is 25.3 Å². The Bertz CT molecular complexity index is 2230. The van der Waals surface area contributed by atoms with Gasteiger partial charge in [-0.25, -0.2) is 14.6 Å². The summed E-state index contributed by atoms with van der Waals surface area (Å²) in [5.41, 5.74) is 5.46. The zero-order chi connectivity index (χ0) is 43.6. The summed E-state index contributed by atoms with van der Waals surface area (Å²) in [5.74, 6) is 1.16. The van der Waals surface area contributed by atoms with Crippen LogP contribution in [0.15, 0.2) is 58.3 Å². The van der Waals surface area contributed by atoms with Crippen LogP contribution >= 0.6 is 11.6 Å². The number of anilines is 1. The molecule has 0 saturated carbocycles. The third kappa shape index (κ3) is 11.0. The second-order valence-electron chi connectivity index (χ2n) is 15.9. The molecule has 3 amide bonds. The number of fused-ring (bicyclic) bond motifs is 1. The van der Waals surface area contributed by atoms with Gasteiger partial charge in [-0.15, -0.1) is 0 Å². The number of benzene rings is 2. The highest BCUT2D eigenvalue weighted by Gasteiger charge is 2.28. The molecule has 5 rings (SSSR count). The fourth-order valence-electron chi connectivity index (χ4n) is 7.32. The van der Waals surface area contributed by atoms with Crippen LogP contribution in [0.1, 0.15) is 107 Å². The maximum Gasteiger partial charge on any atom is 0.330 e. The third-order valence-corrected chi connectivity index (χ3v) is 12.2. The van der Waals surface area contributed by atoms with Gasteiger partial charge in [0.2, 0.25) is 5.88 Å². The van der Waals surface area contributed by atoms with Gasteiger partial charge in [-0.2, -0.15) is 0 Å². The first kappa shape index (κ1) is 46.7. The second kappa shape index (κ2) is 20.8. The lowest BCUT2D eigenvalue weighted by molar-refractivity contribution is 0.102. The molecule has 1 aliphatic rings. The zero-order valence-electron chi connectivity index (χ0n) is 36.8. The summed E-state index contributed by atoms with van der Waals surface area (Å²) in [6.45, 7) is 16.8. The van der Waals surface area contributed by atoms with Crippen molar-refractivity contribution in [2.24, 2.45) is 20.0 Å². The maximum atomic E-state index is 13.0. The van der Waals surface area contributed by atoms with E-state index < -0.39 is 17.2 Å². The number of urea groups is 1. The summed E-state index contributed by atoms with van der Waals surface area (Å²) < 4.78 is 12.8. The van der Waals surface area contributed by atoms with E-state index in [0.29, 0.717) is 48.1 Å². The van der Waals surface area contributed by atoms with Crippen LogP contribution in [0.5, 0.6) is 5.88 Å². The van der Waals surface area contributed by atoms with E-state index >= 15 is 0 Å². The van der Waals surface area contributed by atoms with Crippen molar-refractivity contribution in [3.05, 3.63) is 96.8 Å². The minimum Gasteiger partial charge on any atom is -0.481 e. The van der Waals surface area contributed by atoms with Gasteiger partial charge in [0.15, 0.2) is 0 Å². The maximum absolute atomic E-state index is 13.0. The summed E-state index contributed by atoms with van der Waals surface area (Å²) in [6, 6.07) is 13.4. The Morgan fingerprint density at radius 1 is 1.07 bits per heavy atom. The number of amides is 3. The van der Waals surface area contributed by atoms with Crippen molar-refractivity contribution in [3.8, 4) is 28.3 Å². The molecule has 0 aliphatic heterocycles. The van der Waals surface area contributed by atoms with Crippen molar-refractivity contribution in [1.82, 2.24) is 24.3 Å². The van der Waals surface area contributed by atoms with E-state index in [4.69, 9.17) is 26.1 Å². The Hall–Kier alpha value is -4.94. The molecule has 13 heteroatoms. The van der Waals surface area contributed by atoms with Crippen molar-refractivity contribution >= 4 is 29.2 Å². The highest BCUT2D eigenvalue weighted by atomic mass is 35.5. The number of carbonyl (C=O) groups excluding carboxylic acids is 2. The summed E-state index contributed by atoms with van der Waals surface area (Å²) in [4.78, 5) is 56.6. The lowest BCUT2D eigenvalue weighted by Gasteiger charge is -2.33. The van der Waals surface area contributed by atoms with Crippen LogP contribution in [0, 0.1) is 12.8 Å². The van der Waals surface area contributed by atoms with Gasteiger partial charge in [0, 0.05) is 68.4 Å². The number of carbonyl (C=O) groups is 2. The van der Waals surface area contributed by atoms with E-state index in [-0.39, 0.29) is 17.1 Å². The zero-order valence-corrected chi connectivity index (χ0v) is 37.5. The predicted molar refractivity (Wildman–Crippen MR) is 238 cm³/mol. The van der Waals surface area contributed by atoms with E-state index in [0.717, 1.165) is 64.6 Å². The number of hydrogen-bond donors (Lipinski definition) is 2. The first-order chi connectivity index (χ1) is 28.0. The number of rotatable bonds is 15. The number of nitrogens with zero attached hydrogens (tertiary/aromatic N) is 4. The molecule has 12 nitrogen and oxygen atoms in total. The van der Waals surface area contributed by atoms with Crippen molar-refractivity contribution in [2.75, 3.05) is 39.2 Å². The van der Waals surface area contributed by atoms with Crippen LogP contribution in [0.4, 0.5) is 10.5 Å². The van der Waals surface area contributed by atoms with Crippen LogP contribution in [0.2, 0.25) is 5.02 Å². The number of likely N-dealkylation sites (N-methyl/N-ethyl adjacent to an activating group) is 1. The quantitative estimate of drug-likeness (QED) is 0.122. The summed E-state index contributed by atoms with van der Waals surface area (Å²) in [6.07, 6.45) is 7.63. The van der Waals surface area contributed by atoms with E-state index in [2.05, 4.69) is 51.3 Å². The molecule has 4 aromatic rings. The predicted octanol–water partition coefficient (Wildman–Crippen LogP) is 8.74. The number of aromatic nitrogens is 3. The average molecular weight is 831 g/mol. The molecular formula is C46H63ClN6O6. The first-order valence-electron chi connectivity index (χ1n) is 20.6. The van der Waals surface area contributed by atoms with Gasteiger partial charge in [0.05, 0.1) is 24.4 Å². The van der Waals surface area contributed by atoms with Gasteiger partial charge in [-0.05, 0) is 93.5 Å². The molecule has 2 heterocycles. The molecule has 0 fully saturated rings. The molecule has 2 aromatic carbocycles. The van der Waals surface area contributed by atoms with Crippen LogP contribution < -0.4 is 26.6 Å². The number of methoxy groups -OCH3 is 2. The molecule has 3 unspecified atom stereocenters. The highest BCUT2D eigenvalue weighted by molar-refractivity contribution is 6.36. The van der Waals surface area contributed by atoms with E-state index in [9.17, 15) is 19.2 Å². The number of hydrogen-bond acceptors (Lipinski definition) is 7. The molecule has 1 aliphatic carbocycles. The number of ether oxygens (including phenoxy) is 2. The number of pyridine rings is 1. The molecule has 0 bridgehead atoms. The normalized spacial score (nSPS) is 14.7. The lowest BCUT2D eigenvalue weighted by Crippen LogP contribution is -2.52. The van der Waals surface area contributed by atoms with Crippen molar-refractivity contribution in [3.63, 3.8) is 0 Å². The number of nitrogens with one attached hydrogen (secondary N) is 2. The van der Waals surface area contributed by atoms with Crippen LogP contribution in [0.3, 0.4) is 0 Å². The molecule has 320 valence electrons. The highest BCUT2D eigenvalue weighted by Crippen LogP contribution is 2.43. The summed E-state index contributed by atoms with van der Waals surface area (Å²) in [7, 11) is 6.14. The second-order valence-corrected chi connectivity index (χ2v) is 16.3. The van der Waals surface area contributed by atoms with Crippen molar-refractivity contribution in [2.45, 2.75) is 98.4 Å². The van der Waals surface area contributed by atoms with E-state index in [1.54, 1.807) is 25.2 Å².